The molecule has 3 rings (SSSR count). The Morgan fingerprint density at radius 3 is 2.84 bits per heavy atom. The molecule has 0 aliphatic rings. The number of carbonyl (C=O) groups is 1. The van der Waals surface area contributed by atoms with Crippen molar-refractivity contribution in [1.29, 1.82) is 0 Å². The Hall–Kier alpha value is -1.59. The Balaban J connectivity index is 1.73. The average molecular weight is 335 g/mol. The number of nitrogens with one attached hydrogen (secondary N) is 2. The third-order valence-corrected chi connectivity index (χ3v) is 4.45. The van der Waals surface area contributed by atoms with Gasteiger partial charge in [0, 0.05) is 15.8 Å². The van der Waals surface area contributed by atoms with Crippen LogP contribution in [-0.4, -0.2) is 10.9 Å². The molecule has 0 spiro atoms. The molecule has 2 aromatic heterocycles. The van der Waals surface area contributed by atoms with Crippen LogP contribution in [0, 0.1) is 0 Å². The minimum Gasteiger partial charge on any atom is -0.351 e. The van der Waals surface area contributed by atoms with Crippen LogP contribution in [0.5, 0.6) is 0 Å². The van der Waals surface area contributed by atoms with Gasteiger partial charge in [-0.3, -0.25) is 4.79 Å². The average Bonchev–Trinajstić information content (AvgIpc) is 3.01. The zero-order valence-electron chi connectivity index (χ0n) is 9.94. The van der Waals surface area contributed by atoms with E-state index in [1.807, 2.05) is 42.5 Å². The molecular weight excluding hydrogens is 324 g/mol. The smallest absolute Gasteiger partial charge is 0.268 e. The maximum Gasteiger partial charge on any atom is 0.268 e. The van der Waals surface area contributed by atoms with Gasteiger partial charge < -0.3 is 10.3 Å². The van der Waals surface area contributed by atoms with E-state index >= 15 is 0 Å². The molecule has 0 saturated heterocycles. The predicted octanol–water partition coefficient (Wildman–Crippen LogP) is 3.92. The molecule has 2 N–H and O–H groups in total. The van der Waals surface area contributed by atoms with E-state index in [0.717, 1.165) is 19.6 Å². The van der Waals surface area contributed by atoms with Crippen LogP contribution < -0.4 is 5.32 Å². The van der Waals surface area contributed by atoms with Crippen LogP contribution in [0.4, 0.5) is 0 Å². The number of thiophene rings is 1. The first-order valence-electron chi connectivity index (χ1n) is 5.82. The van der Waals surface area contributed by atoms with Crippen molar-refractivity contribution < 1.29 is 4.79 Å². The summed E-state index contributed by atoms with van der Waals surface area (Å²) in [6, 6.07) is 13.7. The van der Waals surface area contributed by atoms with Crippen molar-refractivity contribution >= 4 is 44.1 Å². The molecule has 2 heterocycles. The minimum atomic E-state index is -0.0827. The summed E-state index contributed by atoms with van der Waals surface area (Å²) in [5.74, 6) is -0.0827. The Morgan fingerprint density at radius 1 is 1.26 bits per heavy atom. The van der Waals surface area contributed by atoms with Crippen LogP contribution in [0.15, 0.2) is 46.3 Å². The summed E-state index contributed by atoms with van der Waals surface area (Å²) >= 11 is 5.03. The van der Waals surface area contributed by atoms with E-state index in [0.29, 0.717) is 12.2 Å². The van der Waals surface area contributed by atoms with Crippen molar-refractivity contribution in [3.05, 3.63) is 56.8 Å². The van der Waals surface area contributed by atoms with E-state index in [1.165, 1.54) is 0 Å². The molecule has 5 heteroatoms. The molecule has 0 bridgehead atoms. The topological polar surface area (TPSA) is 44.9 Å². The van der Waals surface area contributed by atoms with Gasteiger partial charge in [0.2, 0.25) is 0 Å². The molecule has 0 unspecified atom stereocenters. The molecule has 1 aromatic carbocycles. The summed E-state index contributed by atoms with van der Waals surface area (Å²) in [4.78, 5) is 16.3. The van der Waals surface area contributed by atoms with Crippen LogP contribution in [0.2, 0.25) is 0 Å². The molecule has 96 valence electrons. The van der Waals surface area contributed by atoms with E-state index in [1.54, 1.807) is 11.3 Å². The van der Waals surface area contributed by atoms with Gasteiger partial charge in [-0.1, -0.05) is 18.2 Å². The predicted molar refractivity (Wildman–Crippen MR) is 81.5 cm³/mol. The number of aromatic nitrogens is 1. The Labute approximate surface area is 122 Å². The summed E-state index contributed by atoms with van der Waals surface area (Å²) in [7, 11) is 0. The fourth-order valence-corrected chi connectivity index (χ4v) is 3.33. The number of carbonyl (C=O) groups excluding carboxylic acids is 1. The van der Waals surface area contributed by atoms with Crippen molar-refractivity contribution in [3.63, 3.8) is 0 Å². The molecule has 19 heavy (non-hydrogen) atoms. The standard InChI is InChI=1S/C14H11BrN2OS/c15-13-6-5-10(19-13)8-16-14(18)12-7-9-3-1-2-4-11(9)17-12/h1-7,17H,8H2,(H,16,18). The van der Waals surface area contributed by atoms with Crippen molar-refractivity contribution in [3.8, 4) is 0 Å². The molecule has 0 atom stereocenters. The highest BCUT2D eigenvalue weighted by Crippen LogP contribution is 2.22. The number of fused-ring (bicyclic) bond motifs is 1. The number of hydrogen-bond acceptors (Lipinski definition) is 2. The SMILES string of the molecule is O=C(NCc1ccc(Br)s1)c1cc2ccccc2[nH]1. The number of H-pyrrole nitrogens is 1. The van der Waals surface area contributed by atoms with E-state index in [9.17, 15) is 4.79 Å². The highest BCUT2D eigenvalue weighted by atomic mass is 79.9. The fourth-order valence-electron chi connectivity index (χ4n) is 1.91. The summed E-state index contributed by atoms with van der Waals surface area (Å²) < 4.78 is 1.07. The molecule has 0 aliphatic heterocycles. The second kappa shape index (κ2) is 5.19. The Kier molecular flexibility index (Phi) is 3.40. The first-order chi connectivity index (χ1) is 9.22. The van der Waals surface area contributed by atoms with Crippen LogP contribution >= 0.6 is 27.3 Å². The van der Waals surface area contributed by atoms with E-state index in [4.69, 9.17) is 0 Å². The van der Waals surface area contributed by atoms with Gasteiger partial charge in [0.1, 0.15) is 5.69 Å². The first-order valence-corrected chi connectivity index (χ1v) is 7.43. The van der Waals surface area contributed by atoms with Crippen molar-refractivity contribution in [1.82, 2.24) is 10.3 Å². The van der Waals surface area contributed by atoms with Gasteiger partial charge in [0.05, 0.1) is 10.3 Å². The summed E-state index contributed by atoms with van der Waals surface area (Å²) in [5, 5.41) is 3.96. The molecule has 1 amide bonds. The third-order valence-electron chi connectivity index (χ3n) is 2.83. The molecular formula is C14H11BrN2OS. The fraction of sp³-hybridized carbons (Fsp3) is 0.0714. The summed E-state index contributed by atoms with van der Waals surface area (Å²) in [5.41, 5.74) is 1.57. The van der Waals surface area contributed by atoms with Crippen molar-refractivity contribution in [2.45, 2.75) is 6.54 Å². The Morgan fingerprint density at radius 2 is 2.11 bits per heavy atom. The Bertz CT molecular complexity index is 699. The van der Waals surface area contributed by atoms with Crippen LogP contribution in [0.3, 0.4) is 0 Å². The van der Waals surface area contributed by atoms with Crippen molar-refractivity contribution in [2.24, 2.45) is 0 Å². The van der Waals surface area contributed by atoms with Crippen LogP contribution in [0.1, 0.15) is 15.4 Å². The largest absolute Gasteiger partial charge is 0.351 e. The summed E-state index contributed by atoms with van der Waals surface area (Å²) in [6.45, 7) is 0.546. The number of benzene rings is 1. The first kappa shape index (κ1) is 12.4. The number of amides is 1. The third kappa shape index (κ3) is 2.72. The van der Waals surface area contributed by atoms with Crippen LogP contribution in [0.25, 0.3) is 10.9 Å². The highest BCUT2D eigenvalue weighted by molar-refractivity contribution is 9.11. The lowest BCUT2D eigenvalue weighted by Gasteiger charge is -2.00. The molecule has 3 aromatic rings. The van der Waals surface area contributed by atoms with Crippen molar-refractivity contribution in [2.75, 3.05) is 0 Å². The van der Waals surface area contributed by atoms with Gasteiger partial charge in [-0.2, -0.15) is 0 Å². The lowest BCUT2D eigenvalue weighted by Crippen LogP contribution is -2.22. The van der Waals surface area contributed by atoms with Gasteiger partial charge in [0.15, 0.2) is 0 Å². The van der Waals surface area contributed by atoms with Gasteiger partial charge in [-0.05, 0) is 40.2 Å². The number of aromatic amines is 1. The van der Waals surface area contributed by atoms with Gasteiger partial charge in [-0.15, -0.1) is 11.3 Å². The molecule has 0 fully saturated rings. The normalized spacial score (nSPS) is 10.8. The minimum absolute atomic E-state index is 0.0827. The maximum absolute atomic E-state index is 12.0. The maximum atomic E-state index is 12.0. The van der Waals surface area contributed by atoms with Crippen LogP contribution in [-0.2, 0) is 6.54 Å². The second-order valence-electron chi connectivity index (χ2n) is 4.16. The molecule has 0 aliphatic carbocycles. The highest BCUT2D eigenvalue weighted by Gasteiger charge is 2.09. The number of hydrogen-bond donors (Lipinski definition) is 2. The number of halogens is 1. The zero-order valence-corrected chi connectivity index (χ0v) is 12.3. The van der Waals surface area contributed by atoms with E-state index in [2.05, 4.69) is 26.2 Å². The lowest BCUT2D eigenvalue weighted by atomic mass is 10.2. The number of rotatable bonds is 3. The lowest BCUT2D eigenvalue weighted by molar-refractivity contribution is 0.0947. The second-order valence-corrected chi connectivity index (χ2v) is 6.71. The van der Waals surface area contributed by atoms with E-state index in [-0.39, 0.29) is 5.91 Å². The quantitative estimate of drug-likeness (QED) is 0.749. The number of para-hydroxylation sites is 1. The molecule has 0 radical (unpaired) electrons. The monoisotopic (exact) mass is 334 g/mol. The molecule has 3 nitrogen and oxygen atoms in total. The molecule has 0 saturated carbocycles. The van der Waals surface area contributed by atoms with Gasteiger partial charge in [0.25, 0.3) is 5.91 Å². The zero-order chi connectivity index (χ0) is 13.2. The van der Waals surface area contributed by atoms with Gasteiger partial charge >= 0.3 is 0 Å². The summed E-state index contributed by atoms with van der Waals surface area (Å²) in [6.07, 6.45) is 0. The van der Waals surface area contributed by atoms with Gasteiger partial charge in [-0.25, -0.2) is 0 Å². The van der Waals surface area contributed by atoms with E-state index < -0.39 is 0 Å².